The van der Waals surface area contributed by atoms with Crippen LogP contribution in [0.2, 0.25) is 0 Å². The van der Waals surface area contributed by atoms with E-state index in [4.69, 9.17) is 10.00 Å². The second-order valence-electron chi connectivity index (χ2n) is 6.94. The molecule has 0 fully saturated rings. The lowest BCUT2D eigenvalue weighted by Gasteiger charge is -2.34. The number of carbonyl (C=O) groups is 1. The standard InChI is InChI=1S/C23H19N3O4S/c24-15-14-17-10-12-18(13-11-17)25-23(27)22-16-26(20-8-4-5-9-21(20)30-22)31(28,29)19-6-2-1-3-7-19/h1-13,22H,14,16H2,(H,25,27). The molecule has 0 aliphatic carbocycles. The summed E-state index contributed by atoms with van der Waals surface area (Å²) in [6, 6.07) is 23.8. The number of para-hydroxylation sites is 2. The number of ether oxygens (including phenoxy) is 1. The summed E-state index contributed by atoms with van der Waals surface area (Å²) < 4.78 is 33.6. The molecule has 1 heterocycles. The van der Waals surface area contributed by atoms with E-state index in [0.717, 1.165) is 5.56 Å². The van der Waals surface area contributed by atoms with E-state index in [0.29, 0.717) is 17.1 Å². The maximum Gasteiger partial charge on any atom is 0.267 e. The van der Waals surface area contributed by atoms with Gasteiger partial charge in [0.25, 0.3) is 15.9 Å². The quantitative estimate of drug-likeness (QED) is 0.665. The number of sulfonamides is 1. The predicted molar refractivity (Wildman–Crippen MR) is 116 cm³/mol. The fourth-order valence-corrected chi connectivity index (χ4v) is 4.80. The van der Waals surface area contributed by atoms with Gasteiger partial charge in [-0.2, -0.15) is 5.26 Å². The topological polar surface area (TPSA) is 99.5 Å². The zero-order valence-electron chi connectivity index (χ0n) is 16.4. The van der Waals surface area contributed by atoms with Crippen LogP contribution < -0.4 is 14.4 Å². The molecule has 1 amide bonds. The van der Waals surface area contributed by atoms with Crippen molar-refractivity contribution in [1.29, 1.82) is 5.26 Å². The van der Waals surface area contributed by atoms with Crippen molar-refractivity contribution in [3.05, 3.63) is 84.4 Å². The predicted octanol–water partition coefficient (Wildman–Crippen LogP) is 3.35. The number of fused-ring (bicyclic) bond motifs is 1. The Bertz CT molecular complexity index is 1240. The Morgan fingerprint density at radius 3 is 2.42 bits per heavy atom. The minimum Gasteiger partial charge on any atom is -0.476 e. The van der Waals surface area contributed by atoms with Gasteiger partial charge in [0.15, 0.2) is 6.10 Å². The highest BCUT2D eigenvalue weighted by atomic mass is 32.2. The molecule has 3 aromatic rings. The lowest BCUT2D eigenvalue weighted by atomic mass is 10.1. The molecule has 0 aromatic heterocycles. The second kappa shape index (κ2) is 8.50. The van der Waals surface area contributed by atoms with Crippen molar-refractivity contribution in [2.24, 2.45) is 0 Å². The summed E-state index contributed by atoms with van der Waals surface area (Å²) in [5.74, 6) is -0.145. The van der Waals surface area contributed by atoms with Gasteiger partial charge >= 0.3 is 0 Å². The summed E-state index contributed by atoms with van der Waals surface area (Å²) in [5, 5.41) is 11.5. The Morgan fingerprint density at radius 1 is 1.03 bits per heavy atom. The molecule has 0 saturated heterocycles. The number of amides is 1. The summed E-state index contributed by atoms with van der Waals surface area (Å²) in [7, 11) is -3.88. The highest BCUT2D eigenvalue weighted by Crippen LogP contribution is 2.36. The van der Waals surface area contributed by atoms with E-state index in [9.17, 15) is 13.2 Å². The second-order valence-corrected chi connectivity index (χ2v) is 8.81. The number of benzene rings is 3. The van der Waals surface area contributed by atoms with Crippen LogP contribution in [0.3, 0.4) is 0 Å². The average Bonchev–Trinajstić information content (AvgIpc) is 2.80. The van der Waals surface area contributed by atoms with Crippen molar-refractivity contribution < 1.29 is 17.9 Å². The fraction of sp³-hybridized carbons (Fsp3) is 0.130. The van der Waals surface area contributed by atoms with Crippen LogP contribution in [0.4, 0.5) is 11.4 Å². The summed E-state index contributed by atoms with van der Waals surface area (Å²) in [6.45, 7) is -0.160. The summed E-state index contributed by atoms with van der Waals surface area (Å²) in [4.78, 5) is 13.0. The zero-order chi connectivity index (χ0) is 21.8. The van der Waals surface area contributed by atoms with Gasteiger partial charge in [-0.3, -0.25) is 9.10 Å². The van der Waals surface area contributed by atoms with Crippen LogP contribution in [0.1, 0.15) is 5.56 Å². The van der Waals surface area contributed by atoms with Crippen molar-refractivity contribution in [2.75, 3.05) is 16.2 Å². The lowest BCUT2D eigenvalue weighted by Crippen LogP contribution is -2.48. The molecule has 156 valence electrons. The molecule has 3 aromatic carbocycles. The van der Waals surface area contributed by atoms with Gasteiger partial charge < -0.3 is 10.1 Å². The molecule has 0 bridgehead atoms. The van der Waals surface area contributed by atoms with Gasteiger partial charge in [-0.05, 0) is 42.0 Å². The third kappa shape index (κ3) is 4.22. The molecule has 1 unspecified atom stereocenters. The first-order chi connectivity index (χ1) is 15.0. The van der Waals surface area contributed by atoms with E-state index in [-0.39, 0.29) is 17.9 Å². The van der Waals surface area contributed by atoms with Crippen LogP contribution in [0.15, 0.2) is 83.8 Å². The van der Waals surface area contributed by atoms with Crippen LogP contribution in [-0.4, -0.2) is 27.0 Å². The molecule has 4 rings (SSSR count). The van der Waals surface area contributed by atoms with Crippen LogP contribution in [0, 0.1) is 11.3 Å². The third-order valence-corrected chi connectivity index (χ3v) is 6.66. The Balaban J connectivity index is 1.61. The smallest absolute Gasteiger partial charge is 0.267 e. The van der Waals surface area contributed by atoms with Gasteiger partial charge in [0.05, 0.1) is 29.6 Å². The van der Waals surface area contributed by atoms with Crippen LogP contribution in [-0.2, 0) is 21.2 Å². The van der Waals surface area contributed by atoms with E-state index in [1.165, 1.54) is 16.4 Å². The lowest BCUT2D eigenvalue weighted by molar-refractivity contribution is -0.122. The van der Waals surface area contributed by atoms with Crippen molar-refractivity contribution in [1.82, 2.24) is 0 Å². The largest absolute Gasteiger partial charge is 0.476 e. The molecule has 0 radical (unpaired) electrons. The SMILES string of the molecule is N#CCc1ccc(NC(=O)C2CN(S(=O)(=O)c3ccccc3)c3ccccc3O2)cc1. The summed E-state index contributed by atoms with van der Waals surface area (Å²) in [5.41, 5.74) is 1.76. The van der Waals surface area contributed by atoms with Gasteiger partial charge in [-0.25, -0.2) is 8.42 Å². The summed E-state index contributed by atoms with van der Waals surface area (Å²) >= 11 is 0. The highest BCUT2D eigenvalue weighted by Gasteiger charge is 2.37. The van der Waals surface area contributed by atoms with E-state index in [2.05, 4.69) is 11.4 Å². The number of carbonyl (C=O) groups excluding carboxylic acids is 1. The number of hydrogen-bond acceptors (Lipinski definition) is 5. The first-order valence-corrected chi connectivity index (χ1v) is 11.0. The normalized spacial score (nSPS) is 15.3. The first kappa shape index (κ1) is 20.4. The molecular formula is C23H19N3O4S. The maximum absolute atomic E-state index is 13.3. The van der Waals surface area contributed by atoms with Gasteiger partial charge in [-0.1, -0.05) is 42.5 Å². The summed E-state index contributed by atoms with van der Waals surface area (Å²) in [6.07, 6.45) is -0.754. The molecule has 31 heavy (non-hydrogen) atoms. The minimum atomic E-state index is -3.88. The number of hydrogen-bond donors (Lipinski definition) is 1. The van der Waals surface area contributed by atoms with Crippen molar-refractivity contribution in [2.45, 2.75) is 17.4 Å². The van der Waals surface area contributed by atoms with Crippen molar-refractivity contribution in [3.63, 3.8) is 0 Å². The number of nitriles is 1. The Labute approximate surface area is 180 Å². The van der Waals surface area contributed by atoms with E-state index >= 15 is 0 Å². The van der Waals surface area contributed by atoms with E-state index in [1.807, 2.05) is 0 Å². The number of rotatable bonds is 5. The third-order valence-electron chi connectivity index (χ3n) is 4.86. The average molecular weight is 433 g/mol. The molecule has 7 nitrogen and oxygen atoms in total. The molecular weight excluding hydrogens is 414 g/mol. The number of nitrogens with zero attached hydrogens (tertiary/aromatic N) is 2. The monoisotopic (exact) mass is 433 g/mol. The van der Waals surface area contributed by atoms with Crippen LogP contribution in [0.5, 0.6) is 5.75 Å². The van der Waals surface area contributed by atoms with Crippen LogP contribution in [0.25, 0.3) is 0 Å². The Kier molecular flexibility index (Phi) is 5.60. The van der Waals surface area contributed by atoms with Gasteiger partial charge in [-0.15, -0.1) is 0 Å². The fourth-order valence-electron chi connectivity index (χ4n) is 3.31. The molecule has 0 saturated carbocycles. The van der Waals surface area contributed by atoms with E-state index < -0.39 is 22.0 Å². The Morgan fingerprint density at radius 2 is 1.71 bits per heavy atom. The molecule has 1 aliphatic rings. The Hall–Kier alpha value is -3.83. The van der Waals surface area contributed by atoms with Gasteiger partial charge in [0.2, 0.25) is 0 Å². The van der Waals surface area contributed by atoms with Crippen LogP contribution >= 0.6 is 0 Å². The molecule has 1 N–H and O–H groups in total. The molecule has 1 atom stereocenters. The van der Waals surface area contributed by atoms with Gasteiger partial charge in [0.1, 0.15) is 5.75 Å². The van der Waals surface area contributed by atoms with Gasteiger partial charge in [0, 0.05) is 5.69 Å². The number of anilines is 2. The number of nitrogens with one attached hydrogen (secondary N) is 1. The maximum atomic E-state index is 13.3. The van der Waals surface area contributed by atoms with Crippen molar-refractivity contribution in [3.8, 4) is 11.8 Å². The highest BCUT2D eigenvalue weighted by molar-refractivity contribution is 7.92. The van der Waals surface area contributed by atoms with E-state index in [1.54, 1.807) is 66.7 Å². The first-order valence-electron chi connectivity index (χ1n) is 9.59. The molecule has 0 spiro atoms. The molecule has 8 heteroatoms. The zero-order valence-corrected chi connectivity index (χ0v) is 17.2. The minimum absolute atomic E-state index is 0.138. The van der Waals surface area contributed by atoms with Crippen molar-refractivity contribution >= 4 is 27.3 Å². The molecule has 1 aliphatic heterocycles.